The normalized spacial score (nSPS) is 11.8. The van der Waals surface area contributed by atoms with Crippen molar-refractivity contribution >= 4 is 11.0 Å². The number of phenolic OH excluding ortho intramolecular Hbond substituents is 1. The molecule has 0 saturated carbocycles. The van der Waals surface area contributed by atoms with Crippen LogP contribution in [0.15, 0.2) is 146 Å². The molecule has 0 amide bonds. The van der Waals surface area contributed by atoms with E-state index in [-0.39, 0.29) is 18.0 Å². The molecule has 40 heavy (non-hydrogen) atoms. The molecule has 7 aromatic rings. The third kappa shape index (κ3) is 4.22. The number of hydrogen-bond acceptors (Lipinski definition) is 3. The molecule has 0 atom stereocenters. The van der Waals surface area contributed by atoms with Crippen LogP contribution in [0.25, 0.3) is 61.6 Å². The van der Waals surface area contributed by atoms with Gasteiger partial charge in [0.1, 0.15) is 11.6 Å². The summed E-state index contributed by atoms with van der Waals surface area (Å²) in [5.41, 5.74) is 8.33. The molecule has 0 radical (unpaired) electrons. The van der Waals surface area contributed by atoms with Gasteiger partial charge in [-0.25, -0.2) is 4.98 Å². The Balaban J connectivity index is 1.42. The van der Waals surface area contributed by atoms with Crippen molar-refractivity contribution in [3.63, 3.8) is 0 Å². The standard InChI is InChI=1S/C36H25N3O/c40-34-20-8-7-17-31(34)36-38-35-30(18-10-19-33(35)39(36)29-15-5-2-6-16-29)27-13-9-14-28(23-27)32-24-26(21-22-37-32)25-11-3-1-4-12-25/h1-24,40H/i17D,22D. The van der Waals surface area contributed by atoms with E-state index in [9.17, 15) is 5.11 Å². The Kier molecular flexibility index (Phi) is 5.37. The number of imidazole rings is 1. The predicted molar refractivity (Wildman–Crippen MR) is 162 cm³/mol. The van der Waals surface area contributed by atoms with Crippen LogP contribution in [-0.2, 0) is 0 Å². The number of nitrogens with zero attached hydrogens (tertiary/aromatic N) is 3. The predicted octanol–water partition coefficient (Wildman–Crippen LogP) is 8.79. The molecule has 0 fully saturated rings. The fourth-order valence-corrected chi connectivity index (χ4v) is 5.13. The Labute approximate surface area is 235 Å². The fraction of sp³-hybridized carbons (Fsp3) is 0. The molecule has 0 aliphatic rings. The molecular formula is C36H25N3O. The zero-order valence-electron chi connectivity index (χ0n) is 23.5. The summed E-state index contributed by atoms with van der Waals surface area (Å²) in [7, 11) is 0. The highest BCUT2D eigenvalue weighted by molar-refractivity contribution is 5.96. The molecule has 0 bridgehead atoms. The van der Waals surface area contributed by atoms with Crippen molar-refractivity contribution in [1.29, 1.82) is 0 Å². The van der Waals surface area contributed by atoms with Crippen molar-refractivity contribution < 1.29 is 7.85 Å². The summed E-state index contributed by atoms with van der Waals surface area (Å²) in [6.07, 6.45) is 0.207. The van der Waals surface area contributed by atoms with Crippen LogP contribution in [0.5, 0.6) is 5.75 Å². The van der Waals surface area contributed by atoms with Gasteiger partial charge in [-0.3, -0.25) is 9.55 Å². The van der Waals surface area contributed by atoms with Crippen molar-refractivity contribution in [2.75, 3.05) is 0 Å². The summed E-state index contributed by atoms with van der Waals surface area (Å²) < 4.78 is 18.9. The molecule has 5 aromatic carbocycles. The number of phenols is 1. The lowest BCUT2D eigenvalue weighted by Gasteiger charge is -2.11. The number of aromatic nitrogens is 3. The minimum Gasteiger partial charge on any atom is -0.507 e. The van der Waals surface area contributed by atoms with Crippen LogP contribution in [-0.4, -0.2) is 19.6 Å². The molecule has 4 heteroatoms. The highest BCUT2D eigenvalue weighted by atomic mass is 16.3. The highest BCUT2D eigenvalue weighted by Crippen LogP contribution is 2.38. The van der Waals surface area contributed by atoms with E-state index in [1.807, 2.05) is 108 Å². The van der Waals surface area contributed by atoms with Crippen molar-refractivity contribution in [3.05, 3.63) is 146 Å². The van der Waals surface area contributed by atoms with Crippen LogP contribution in [0.3, 0.4) is 0 Å². The first-order chi connectivity index (χ1) is 20.6. The summed E-state index contributed by atoms with van der Waals surface area (Å²) in [4.78, 5) is 9.61. The van der Waals surface area contributed by atoms with Crippen LogP contribution in [0, 0.1) is 0 Å². The van der Waals surface area contributed by atoms with Crippen molar-refractivity contribution in [3.8, 4) is 56.3 Å². The third-order valence-electron chi connectivity index (χ3n) is 7.03. The zero-order valence-corrected chi connectivity index (χ0v) is 21.5. The van der Waals surface area contributed by atoms with Gasteiger partial charge in [0.15, 0.2) is 0 Å². The number of aromatic hydroxyl groups is 1. The van der Waals surface area contributed by atoms with Gasteiger partial charge in [0.2, 0.25) is 0 Å². The third-order valence-corrected chi connectivity index (χ3v) is 7.03. The Bertz CT molecular complexity index is 2050. The van der Waals surface area contributed by atoms with E-state index in [0.29, 0.717) is 11.4 Å². The van der Waals surface area contributed by atoms with Gasteiger partial charge in [0.05, 0.1) is 25.0 Å². The average Bonchev–Trinajstić information content (AvgIpc) is 3.41. The lowest BCUT2D eigenvalue weighted by atomic mass is 9.99. The minimum atomic E-state index is 0.00843. The fourth-order valence-electron chi connectivity index (χ4n) is 5.13. The molecule has 190 valence electrons. The van der Waals surface area contributed by atoms with E-state index in [1.54, 1.807) is 24.3 Å². The summed E-state index contributed by atoms with van der Waals surface area (Å²) in [5.74, 6) is 0.507. The lowest BCUT2D eigenvalue weighted by Crippen LogP contribution is -1.97. The largest absolute Gasteiger partial charge is 0.507 e. The van der Waals surface area contributed by atoms with Gasteiger partial charge in [0.25, 0.3) is 0 Å². The second-order valence-corrected chi connectivity index (χ2v) is 9.53. The molecule has 0 spiro atoms. The van der Waals surface area contributed by atoms with Crippen LogP contribution >= 0.6 is 0 Å². The second kappa shape index (κ2) is 10.0. The second-order valence-electron chi connectivity index (χ2n) is 9.53. The topological polar surface area (TPSA) is 50.9 Å². The van der Waals surface area contributed by atoms with Crippen molar-refractivity contribution in [2.24, 2.45) is 0 Å². The maximum Gasteiger partial charge on any atom is 0.149 e. The monoisotopic (exact) mass is 517 g/mol. The van der Waals surface area contributed by atoms with Gasteiger partial charge in [-0.2, -0.15) is 0 Å². The molecule has 4 nitrogen and oxygen atoms in total. The van der Waals surface area contributed by atoms with E-state index in [2.05, 4.69) is 11.1 Å². The summed E-state index contributed by atoms with van der Waals surface area (Å²) >= 11 is 0. The Morgan fingerprint density at radius 2 is 1.32 bits per heavy atom. The Morgan fingerprint density at radius 3 is 2.15 bits per heavy atom. The highest BCUT2D eigenvalue weighted by Gasteiger charge is 2.19. The zero-order chi connectivity index (χ0) is 28.6. The Hall–Kier alpha value is -5.48. The first kappa shape index (κ1) is 21.5. The maximum absolute atomic E-state index is 10.8. The van der Waals surface area contributed by atoms with Crippen molar-refractivity contribution in [1.82, 2.24) is 14.5 Å². The van der Waals surface area contributed by atoms with Gasteiger partial charge < -0.3 is 5.11 Å². The van der Waals surface area contributed by atoms with E-state index in [0.717, 1.165) is 50.2 Å². The van der Waals surface area contributed by atoms with Gasteiger partial charge >= 0.3 is 0 Å². The van der Waals surface area contributed by atoms with Gasteiger partial charge in [0, 0.05) is 23.0 Å². The summed E-state index contributed by atoms with van der Waals surface area (Å²) in [5, 5.41) is 10.8. The molecule has 1 N–H and O–H groups in total. The smallest absolute Gasteiger partial charge is 0.149 e. The first-order valence-electron chi connectivity index (χ1n) is 14.1. The van der Waals surface area contributed by atoms with E-state index in [4.69, 9.17) is 7.73 Å². The van der Waals surface area contributed by atoms with Crippen LogP contribution < -0.4 is 0 Å². The number of rotatable bonds is 5. The number of fused-ring (bicyclic) bond motifs is 1. The molecule has 2 aromatic heterocycles. The molecule has 0 aliphatic carbocycles. The SMILES string of the molecule is [2H]c1cc(-c2ccccc2)cc(-c2cccc(-c3cccc4c3nc(-c3c([2H])cccc3O)n4-c3ccccc3)c2)n1. The van der Waals surface area contributed by atoms with E-state index in [1.165, 1.54) is 0 Å². The van der Waals surface area contributed by atoms with Crippen LogP contribution in [0.4, 0.5) is 0 Å². The number of pyridine rings is 1. The number of hydrogen-bond donors (Lipinski definition) is 1. The van der Waals surface area contributed by atoms with E-state index >= 15 is 0 Å². The molecular weight excluding hydrogens is 490 g/mol. The molecule has 0 aliphatic heterocycles. The molecule has 0 saturated heterocycles. The molecule has 2 heterocycles. The van der Waals surface area contributed by atoms with Crippen LogP contribution in [0.2, 0.25) is 0 Å². The van der Waals surface area contributed by atoms with Gasteiger partial charge in [-0.15, -0.1) is 0 Å². The van der Waals surface area contributed by atoms with Crippen LogP contribution in [0.1, 0.15) is 2.74 Å². The van der Waals surface area contributed by atoms with Gasteiger partial charge in [-0.1, -0.05) is 91.0 Å². The number of para-hydroxylation sites is 3. The molecule has 0 unspecified atom stereocenters. The van der Waals surface area contributed by atoms with E-state index < -0.39 is 0 Å². The summed E-state index contributed by atoms with van der Waals surface area (Å²) in [6.45, 7) is 0. The van der Waals surface area contributed by atoms with Gasteiger partial charge in [-0.05, 0) is 65.2 Å². The minimum absolute atomic E-state index is 0.00843. The summed E-state index contributed by atoms with van der Waals surface area (Å²) in [6, 6.07) is 42.9. The quantitative estimate of drug-likeness (QED) is 0.248. The first-order valence-corrected chi connectivity index (χ1v) is 13.1. The maximum atomic E-state index is 10.8. The number of benzene rings is 5. The Morgan fingerprint density at radius 1 is 0.600 bits per heavy atom. The average molecular weight is 518 g/mol. The molecule has 7 rings (SSSR count). The van der Waals surface area contributed by atoms with Crippen molar-refractivity contribution in [2.45, 2.75) is 0 Å². The lowest BCUT2D eigenvalue weighted by molar-refractivity contribution is 0.477.